The lowest BCUT2D eigenvalue weighted by Crippen LogP contribution is -2.39. The molecule has 38 heavy (non-hydrogen) atoms. The van der Waals surface area contributed by atoms with Crippen LogP contribution in [0.25, 0.3) is 16.5 Å². The van der Waals surface area contributed by atoms with Crippen LogP contribution < -0.4 is 10.6 Å². The van der Waals surface area contributed by atoms with E-state index in [1.54, 1.807) is 20.2 Å². The van der Waals surface area contributed by atoms with Crippen molar-refractivity contribution in [2.45, 2.75) is 52.0 Å². The van der Waals surface area contributed by atoms with Gasteiger partial charge in [0.15, 0.2) is 0 Å². The lowest BCUT2D eigenvalue weighted by molar-refractivity contribution is -0.129. The Morgan fingerprint density at radius 3 is 2.63 bits per heavy atom. The predicted molar refractivity (Wildman–Crippen MR) is 148 cm³/mol. The predicted octanol–water partition coefficient (Wildman–Crippen LogP) is 3.28. The first kappa shape index (κ1) is 26.0. The molecule has 5 rings (SSSR count). The number of likely N-dealkylation sites (N-methyl/N-ethyl adjacent to an activating group) is 1. The van der Waals surface area contributed by atoms with Crippen LogP contribution in [0.5, 0.6) is 0 Å². The number of nitrogens with one attached hydrogen (secondary N) is 2. The molecule has 200 valence electrons. The third-order valence-corrected chi connectivity index (χ3v) is 7.93. The number of carbonyl (C=O) groups excluding carboxylic acids is 3. The number of dihydropyridines is 1. The largest absolute Gasteiger partial charge is 0.351 e. The Bertz CT molecular complexity index is 1360. The molecule has 0 saturated heterocycles. The molecule has 3 aliphatic rings. The van der Waals surface area contributed by atoms with Crippen LogP contribution in [0.2, 0.25) is 0 Å². The van der Waals surface area contributed by atoms with Crippen molar-refractivity contribution in [1.82, 2.24) is 25.3 Å². The molecule has 3 amide bonds. The number of fused-ring (bicyclic) bond motifs is 1. The number of hydrogen-bond donors (Lipinski definition) is 2. The van der Waals surface area contributed by atoms with Gasteiger partial charge in [0, 0.05) is 30.7 Å². The van der Waals surface area contributed by atoms with Crippen molar-refractivity contribution in [2.24, 2.45) is 10.9 Å². The minimum atomic E-state index is -0.454. The highest BCUT2D eigenvalue weighted by atomic mass is 16.2. The van der Waals surface area contributed by atoms with Crippen LogP contribution in [0.1, 0.15) is 67.9 Å². The van der Waals surface area contributed by atoms with Crippen molar-refractivity contribution in [3.8, 4) is 0 Å². The van der Waals surface area contributed by atoms with E-state index >= 15 is 0 Å². The number of hydrogen-bond acceptors (Lipinski definition) is 5. The topological polar surface area (TPSA) is 109 Å². The highest BCUT2D eigenvalue weighted by molar-refractivity contribution is 6.08. The summed E-state index contributed by atoms with van der Waals surface area (Å²) in [5, 5.41) is 11.5. The van der Waals surface area contributed by atoms with Crippen molar-refractivity contribution in [3.05, 3.63) is 47.2 Å². The summed E-state index contributed by atoms with van der Waals surface area (Å²) in [5.41, 5.74) is 5.21. The maximum Gasteiger partial charge on any atom is 0.254 e. The maximum absolute atomic E-state index is 13.6. The summed E-state index contributed by atoms with van der Waals surface area (Å²) in [6.07, 6.45) is 11.0. The minimum Gasteiger partial charge on any atom is -0.351 e. The zero-order chi connectivity index (χ0) is 26.8. The molecule has 1 saturated carbocycles. The quantitative estimate of drug-likeness (QED) is 0.587. The number of carbonyl (C=O) groups is 3. The molecule has 3 heterocycles. The second kappa shape index (κ2) is 11.0. The zero-order valence-corrected chi connectivity index (χ0v) is 22.4. The molecule has 0 bridgehead atoms. The number of allylic oxidation sites excluding steroid dienone is 1. The first-order chi connectivity index (χ1) is 18.4. The van der Waals surface area contributed by atoms with E-state index in [4.69, 9.17) is 5.10 Å². The fourth-order valence-corrected chi connectivity index (χ4v) is 5.83. The lowest BCUT2D eigenvalue weighted by atomic mass is 9.94. The molecule has 1 atom stereocenters. The molecule has 0 radical (unpaired) electrons. The number of amides is 3. The first-order valence-corrected chi connectivity index (χ1v) is 13.5. The summed E-state index contributed by atoms with van der Waals surface area (Å²) in [7, 11) is 1.77. The minimum absolute atomic E-state index is 0.0822. The van der Waals surface area contributed by atoms with Crippen LogP contribution in [0.3, 0.4) is 0 Å². The molecule has 2 N–H and O–H groups in total. The van der Waals surface area contributed by atoms with Crippen molar-refractivity contribution in [1.29, 1.82) is 0 Å². The Kier molecular flexibility index (Phi) is 7.56. The van der Waals surface area contributed by atoms with Crippen molar-refractivity contribution in [2.75, 3.05) is 33.2 Å². The monoisotopic (exact) mass is 516 g/mol. The molecule has 2 aromatic rings. The molecule has 1 aliphatic carbocycles. The van der Waals surface area contributed by atoms with E-state index in [2.05, 4.69) is 32.5 Å². The van der Waals surface area contributed by atoms with Gasteiger partial charge in [0.25, 0.3) is 11.8 Å². The van der Waals surface area contributed by atoms with Crippen LogP contribution >= 0.6 is 0 Å². The van der Waals surface area contributed by atoms with Crippen LogP contribution in [-0.4, -0.2) is 71.3 Å². The Morgan fingerprint density at radius 2 is 1.95 bits per heavy atom. The number of aliphatic imine (C=N–C) groups is 1. The smallest absolute Gasteiger partial charge is 0.254 e. The summed E-state index contributed by atoms with van der Waals surface area (Å²) in [6, 6.07) is 4.41. The number of benzene rings is 1. The molecule has 1 unspecified atom stereocenters. The zero-order valence-electron chi connectivity index (χ0n) is 22.4. The molecular weight excluding hydrogens is 480 g/mol. The Balaban J connectivity index is 1.45. The van der Waals surface area contributed by atoms with Gasteiger partial charge < -0.3 is 15.5 Å². The van der Waals surface area contributed by atoms with E-state index in [9.17, 15) is 14.4 Å². The summed E-state index contributed by atoms with van der Waals surface area (Å²) < 4.78 is 2.09. The van der Waals surface area contributed by atoms with Gasteiger partial charge in [-0.1, -0.05) is 24.5 Å². The van der Waals surface area contributed by atoms with Crippen molar-refractivity contribution in [3.63, 3.8) is 0 Å². The second-order valence-electron chi connectivity index (χ2n) is 10.6. The highest BCUT2D eigenvalue weighted by Gasteiger charge is 2.27. The Labute approximate surface area is 223 Å². The van der Waals surface area contributed by atoms with Gasteiger partial charge in [0.1, 0.15) is 0 Å². The van der Waals surface area contributed by atoms with E-state index in [1.807, 2.05) is 24.0 Å². The van der Waals surface area contributed by atoms with Gasteiger partial charge in [-0.15, -0.1) is 0 Å². The van der Waals surface area contributed by atoms with Crippen LogP contribution in [0, 0.1) is 5.92 Å². The fraction of sp³-hybridized carbons (Fsp3) is 0.483. The van der Waals surface area contributed by atoms with Crippen LogP contribution in [0.15, 0.2) is 41.0 Å². The molecule has 0 spiro atoms. The average Bonchev–Trinajstić information content (AvgIpc) is 3.57. The summed E-state index contributed by atoms with van der Waals surface area (Å²) in [4.78, 5) is 44.3. The number of rotatable bonds is 7. The Hall–Kier alpha value is -3.59. The van der Waals surface area contributed by atoms with Gasteiger partial charge >= 0.3 is 0 Å². The van der Waals surface area contributed by atoms with Gasteiger partial charge in [-0.2, -0.15) is 5.10 Å². The number of nitrogens with zero attached hydrogens (tertiary/aromatic N) is 4. The van der Waals surface area contributed by atoms with E-state index in [0.29, 0.717) is 37.0 Å². The summed E-state index contributed by atoms with van der Waals surface area (Å²) in [5.74, 6) is -0.819. The molecule has 9 nitrogen and oxygen atoms in total. The first-order valence-electron chi connectivity index (χ1n) is 13.5. The standard InChI is InChI=1S/C29H36N6O3/c1-18-12-19(2)33-29(38)24(18)15-31-28(37)23-13-21(20-8-10-34(11-9-20)27(36)17-30-3)14-26-25(23)16-32-35(26)22-6-4-5-7-22/h8,12-14,16,22,24,30H,4-7,9-11,15,17H2,1-3H3,(H,31,37). The molecule has 1 fully saturated rings. The van der Waals surface area contributed by atoms with Crippen molar-refractivity contribution >= 4 is 39.9 Å². The van der Waals surface area contributed by atoms with Gasteiger partial charge in [0.2, 0.25) is 5.91 Å². The van der Waals surface area contributed by atoms with Crippen LogP contribution in [-0.2, 0) is 9.59 Å². The van der Waals surface area contributed by atoms with E-state index in [0.717, 1.165) is 46.9 Å². The van der Waals surface area contributed by atoms with Gasteiger partial charge in [-0.05, 0) is 69.5 Å². The molecule has 1 aromatic heterocycles. The van der Waals surface area contributed by atoms with E-state index < -0.39 is 5.92 Å². The van der Waals surface area contributed by atoms with E-state index in [1.165, 1.54) is 12.8 Å². The molecule has 1 aromatic carbocycles. The molecule has 9 heteroatoms. The van der Waals surface area contributed by atoms with Crippen LogP contribution in [0.4, 0.5) is 0 Å². The molecular formula is C29H36N6O3. The third kappa shape index (κ3) is 5.20. The summed E-state index contributed by atoms with van der Waals surface area (Å²) in [6.45, 7) is 5.41. The maximum atomic E-state index is 13.6. The number of aromatic nitrogens is 2. The lowest BCUT2D eigenvalue weighted by Gasteiger charge is -2.27. The fourth-order valence-electron chi connectivity index (χ4n) is 5.83. The van der Waals surface area contributed by atoms with Gasteiger partial charge in [0.05, 0.1) is 35.8 Å². The SMILES string of the molecule is CNCC(=O)N1CC=C(c2cc(C(=O)NCC3C(=O)N=C(C)C=C3C)c3cnn(C4CCCC4)c3c2)CC1. The highest BCUT2D eigenvalue weighted by Crippen LogP contribution is 2.35. The van der Waals surface area contributed by atoms with E-state index in [-0.39, 0.29) is 24.3 Å². The van der Waals surface area contributed by atoms with Crippen molar-refractivity contribution < 1.29 is 14.4 Å². The third-order valence-electron chi connectivity index (χ3n) is 7.93. The summed E-state index contributed by atoms with van der Waals surface area (Å²) >= 11 is 0. The molecule has 2 aliphatic heterocycles. The van der Waals surface area contributed by atoms with Gasteiger partial charge in [-0.3, -0.25) is 19.1 Å². The second-order valence-corrected chi connectivity index (χ2v) is 10.6. The average molecular weight is 517 g/mol. The Morgan fingerprint density at radius 1 is 1.16 bits per heavy atom. The normalized spacial score (nSPS) is 20.4. The van der Waals surface area contributed by atoms with Gasteiger partial charge in [-0.25, -0.2) is 4.99 Å².